The van der Waals surface area contributed by atoms with Crippen molar-refractivity contribution in [2.75, 3.05) is 19.0 Å². The predicted octanol–water partition coefficient (Wildman–Crippen LogP) is 1.83. The molecule has 2 atom stereocenters. The van der Waals surface area contributed by atoms with Gasteiger partial charge in [0, 0.05) is 11.3 Å². The van der Waals surface area contributed by atoms with Crippen molar-refractivity contribution in [3.8, 4) is 0 Å². The van der Waals surface area contributed by atoms with E-state index < -0.39 is 0 Å². The summed E-state index contributed by atoms with van der Waals surface area (Å²) in [5.41, 5.74) is -0.320. The minimum absolute atomic E-state index is 0.281. The third-order valence-corrected chi connectivity index (χ3v) is 5.48. The summed E-state index contributed by atoms with van der Waals surface area (Å²) in [5, 5.41) is 3.34. The van der Waals surface area contributed by atoms with Gasteiger partial charge in [-0.3, -0.25) is 10.1 Å². The Morgan fingerprint density at radius 1 is 1.50 bits per heavy atom. The third-order valence-electron chi connectivity index (χ3n) is 3.95. The van der Waals surface area contributed by atoms with Crippen LogP contribution in [-0.4, -0.2) is 40.1 Å². The molecule has 0 saturated carbocycles. The Balaban J connectivity index is 2.00. The maximum Gasteiger partial charge on any atom is 0.243 e. The molecule has 2 fully saturated rings. The first kappa shape index (κ1) is 12.2. The predicted molar refractivity (Wildman–Crippen MR) is 68.5 cm³/mol. The van der Waals surface area contributed by atoms with E-state index in [0.717, 1.165) is 19.6 Å². The minimum Gasteiger partial charge on any atom is -0.327 e. The Kier molecular flexibility index (Phi) is 3.23. The smallest absolute Gasteiger partial charge is 0.243 e. The lowest BCUT2D eigenvalue weighted by Gasteiger charge is -2.29. The van der Waals surface area contributed by atoms with E-state index in [1.54, 1.807) is 0 Å². The maximum absolute atomic E-state index is 12.2. The summed E-state index contributed by atoms with van der Waals surface area (Å²) in [6.45, 7) is 8.00. The minimum atomic E-state index is -0.320. The lowest BCUT2D eigenvalue weighted by Crippen LogP contribution is -2.44. The highest BCUT2D eigenvalue weighted by Gasteiger charge is 2.43. The molecule has 2 heterocycles. The Morgan fingerprint density at radius 3 is 2.75 bits per heavy atom. The van der Waals surface area contributed by atoms with Crippen molar-refractivity contribution < 1.29 is 4.79 Å². The van der Waals surface area contributed by atoms with Gasteiger partial charge in [0.15, 0.2) is 0 Å². The molecule has 1 N–H and O–H groups in total. The van der Waals surface area contributed by atoms with Crippen LogP contribution in [0.25, 0.3) is 0 Å². The van der Waals surface area contributed by atoms with Crippen LogP contribution in [0.15, 0.2) is 0 Å². The fraction of sp³-hybridized carbons (Fsp3) is 0.917. The molecule has 2 rings (SSSR count). The molecule has 3 nitrogen and oxygen atoms in total. The number of carbonyl (C=O) groups excluding carboxylic acids is 1. The van der Waals surface area contributed by atoms with E-state index in [1.165, 1.54) is 18.6 Å². The summed E-state index contributed by atoms with van der Waals surface area (Å²) in [6.07, 6.45) is 3.40. The number of nitrogens with one attached hydrogen (secondary N) is 1. The van der Waals surface area contributed by atoms with Gasteiger partial charge in [-0.2, -0.15) is 11.8 Å². The highest BCUT2D eigenvalue weighted by molar-refractivity contribution is 8.00. The van der Waals surface area contributed by atoms with Crippen LogP contribution >= 0.6 is 11.8 Å². The van der Waals surface area contributed by atoms with Crippen LogP contribution in [0, 0.1) is 0 Å². The Morgan fingerprint density at radius 2 is 2.25 bits per heavy atom. The SMILES string of the molecule is CCC1(C)NCN(CC2(C)CCCS2)C1=O. The van der Waals surface area contributed by atoms with Gasteiger partial charge in [0.25, 0.3) is 0 Å². The molecule has 0 radical (unpaired) electrons. The van der Waals surface area contributed by atoms with Crippen LogP contribution in [0.3, 0.4) is 0 Å². The Labute approximate surface area is 102 Å². The molecule has 4 heteroatoms. The summed E-state index contributed by atoms with van der Waals surface area (Å²) in [7, 11) is 0. The summed E-state index contributed by atoms with van der Waals surface area (Å²) in [4.78, 5) is 14.2. The molecule has 2 unspecified atom stereocenters. The van der Waals surface area contributed by atoms with Gasteiger partial charge in [-0.25, -0.2) is 0 Å². The number of carbonyl (C=O) groups is 1. The second-order valence-corrected chi connectivity index (χ2v) is 7.11. The van der Waals surface area contributed by atoms with Crippen LogP contribution in [0.4, 0.5) is 0 Å². The zero-order chi connectivity index (χ0) is 11.8. The molecule has 0 bridgehead atoms. The lowest BCUT2D eigenvalue weighted by molar-refractivity contribution is -0.132. The zero-order valence-electron chi connectivity index (χ0n) is 10.5. The number of nitrogens with zero attached hydrogens (tertiary/aromatic N) is 1. The van der Waals surface area contributed by atoms with Crippen molar-refractivity contribution >= 4 is 17.7 Å². The van der Waals surface area contributed by atoms with Crippen molar-refractivity contribution in [3.05, 3.63) is 0 Å². The first-order valence-corrected chi connectivity index (χ1v) is 7.16. The van der Waals surface area contributed by atoms with Crippen molar-refractivity contribution in [2.45, 2.75) is 50.3 Å². The van der Waals surface area contributed by atoms with Gasteiger partial charge in [-0.05, 0) is 38.9 Å². The molecule has 0 spiro atoms. The molecular weight excluding hydrogens is 220 g/mol. The van der Waals surface area contributed by atoms with Crippen molar-refractivity contribution in [1.82, 2.24) is 10.2 Å². The molecule has 0 aromatic rings. The average Bonchev–Trinajstić information content (AvgIpc) is 2.79. The van der Waals surface area contributed by atoms with Gasteiger partial charge in [0.1, 0.15) is 0 Å². The van der Waals surface area contributed by atoms with Crippen LogP contribution < -0.4 is 5.32 Å². The van der Waals surface area contributed by atoms with E-state index in [0.29, 0.717) is 0 Å². The van der Waals surface area contributed by atoms with Gasteiger partial charge in [-0.15, -0.1) is 0 Å². The van der Waals surface area contributed by atoms with Gasteiger partial charge in [-0.1, -0.05) is 6.92 Å². The molecule has 2 aliphatic rings. The van der Waals surface area contributed by atoms with E-state index in [1.807, 2.05) is 23.6 Å². The number of rotatable bonds is 3. The highest BCUT2D eigenvalue weighted by atomic mass is 32.2. The van der Waals surface area contributed by atoms with Crippen molar-refractivity contribution in [2.24, 2.45) is 0 Å². The summed E-state index contributed by atoms with van der Waals surface area (Å²) >= 11 is 2.02. The number of hydrogen-bond donors (Lipinski definition) is 1. The fourth-order valence-corrected chi connectivity index (χ4v) is 3.85. The van der Waals surface area contributed by atoms with Gasteiger partial charge >= 0.3 is 0 Å². The van der Waals surface area contributed by atoms with Crippen LogP contribution in [-0.2, 0) is 4.79 Å². The average molecular weight is 242 g/mol. The van der Waals surface area contributed by atoms with E-state index >= 15 is 0 Å². The van der Waals surface area contributed by atoms with Gasteiger partial charge < -0.3 is 4.90 Å². The van der Waals surface area contributed by atoms with Crippen LogP contribution in [0.2, 0.25) is 0 Å². The molecular formula is C12H22N2OS. The molecule has 2 aliphatic heterocycles. The highest BCUT2D eigenvalue weighted by Crippen LogP contribution is 2.39. The molecule has 2 saturated heterocycles. The molecule has 0 aliphatic carbocycles. The van der Waals surface area contributed by atoms with Gasteiger partial charge in [0.05, 0.1) is 12.2 Å². The van der Waals surface area contributed by atoms with Crippen LogP contribution in [0.5, 0.6) is 0 Å². The standard InChI is InChI=1S/C12H22N2OS/c1-4-12(3)10(15)14(9-13-12)8-11(2)6-5-7-16-11/h13H,4-9H2,1-3H3. The van der Waals surface area contributed by atoms with E-state index in [-0.39, 0.29) is 16.2 Å². The second kappa shape index (κ2) is 4.22. The summed E-state index contributed by atoms with van der Waals surface area (Å²) < 4.78 is 0.288. The lowest BCUT2D eigenvalue weighted by atomic mass is 9.98. The maximum atomic E-state index is 12.2. The molecule has 92 valence electrons. The number of thioether (sulfide) groups is 1. The Hall–Kier alpha value is -0.220. The van der Waals surface area contributed by atoms with Crippen molar-refractivity contribution in [3.63, 3.8) is 0 Å². The van der Waals surface area contributed by atoms with E-state index in [2.05, 4.69) is 19.2 Å². The van der Waals surface area contributed by atoms with E-state index in [9.17, 15) is 4.79 Å². The van der Waals surface area contributed by atoms with Gasteiger partial charge in [0.2, 0.25) is 5.91 Å². The van der Waals surface area contributed by atoms with Crippen molar-refractivity contribution in [1.29, 1.82) is 0 Å². The summed E-state index contributed by atoms with van der Waals surface area (Å²) in [6, 6.07) is 0. The topological polar surface area (TPSA) is 32.3 Å². The second-order valence-electron chi connectivity index (χ2n) is 5.43. The zero-order valence-corrected chi connectivity index (χ0v) is 11.3. The summed E-state index contributed by atoms with van der Waals surface area (Å²) in [5.74, 6) is 1.53. The molecule has 16 heavy (non-hydrogen) atoms. The Bertz CT molecular complexity index is 289. The first-order valence-electron chi connectivity index (χ1n) is 6.17. The quantitative estimate of drug-likeness (QED) is 0.819. The van der Waals surface area contributed by atoms with E-state index in [4.69, 9.17) is 0 Å². The number of amides is 1. The van der Waals surface area contributed by atoms with Crippen LogP contribution in [0.1, 0.15) is 40.0 Å². The molecule has 1 amide bonds. The molecule has 0 aromatic carbocycles. The number of hydrogen-bond acceptors (Lipinski definition) is 3. The largest absolute Gasteiger partial charge is 0.327 e. The third kappa shape index (κ3) is 2.09. The molecule has 0 aromatic heterocycles. The normalized spacial score (nSPS) is 39.7. The first-order chi connectivity index (χ1) is 7.49. The fourth-order valence-electron chi connectivity index (χ4n) is 2.54. The monoisotopic (exact) mass is 242 g/mol.